The van der Waals surface area contributed by atoms with Crippen LogP contribution in [0.5, 0.6) is 0 Å². The molecule has 3 aromatic carbocycles. The molecule has 1 unspecified atom stereocenters. The van der Waals surface area contributed by atoms with Gasteiger partial charge in [-0.15, -0.1) is 0 Å². The van der Waals surface area contributed by atoms with Gasteiger partial charge < -0.3 is 10.4 Å². The summed E-state index contributed by atoms with van der Waals surface area (Å²) in [7, 11) is 0. The van der Waals surface area contributed by atoms with E-state index in [1.54, 1.807) is 0 Å². The Hall–Kier alpha value is -2.60. The van der Waals surface area contributed by atoms with E-state index >= 15 is 0 Å². The van der Waals surface area contributed by atoms with Crippen LogP contribution in [0.1, 0.15) is 30.5 Å². The largest absolute Gasteiger partial charge is 0.480 e. The number of carbonyl (C=O) groups is 1. The van der Waals surface area contributed by atoms with E-state index < -0.39 is 17.6 Å². The molecular weight excluding hydrogens is 416 g/mol. The molecule has 0 aliphatic carbocycles. The van der Waals surface area contributed by atoms with Gasteiger partial charge in [0.1, 0.15) is 6.04 Å². The highest BCUT2D eigenvalue weighted by Gasteiger charge is 2.39. The van der Waals surface area contributed by atoms with Crippen molar-refractivity contribution >= 4 is 17.7 Å². The molecule has 5 heteroatoms. The van der Waals surface area contributed by atoms with Gasteiger partial charge in [-0.3, -0.25) is 10.1 Å². The van der Waals surface area contributed by atoms with Crippen molar-refractivity contribution in [3.05, 3.63) is 108 Å². The van der Waals surface area contributed by atoms with Crippen molar-refractivity contribution in [3.8, 4) is 0 Å². The zero-order valence-corrected chi connectivity index (χ0v) is 19.9. The van der Waals surface area contributed by atoms with Gasteiger partial charge in [0.25, 0.3) is 0 Å². The molecule has 4 nitrogen and oxygen atoms in total. The van der Waals surface area contributed by atoms with Crippen molar-refractivity contribution in [2.24, 2.45) is 0 Å². The molecule has 32 heavy (non-hydrogen) atoms. The van der Waals surface area contributed by atoms with E-state index in [1.165, 1.54) is 11.8 Å². The minimum Gasteiger partial charge on any atom is -0.480 e. The van der Waals surface area contributed by atoms with Gasteiger partial charge in [-0.05, 0) is 36.0 Å². The van der Waals surface area contributed by atoms with Crippen molar-refractivity contribution in [2.75, 3.05) is 25.1 Å². The maximum absolute atomic E-state index is 12.0. The average Bonchev–Trinajstić information content (AvgIpc) is 2.84. The number of benzene rings is 3. The molecule has 170 valence electrons. The van der Waals surface area contributed by atoms with E-state index in [0.29, 0.717) is 5.75 Å². The molecule has 0 saturated carbocycles. The van der Waals surface area contributed by atoms with Crippen molar-refractivity contribution in [2.45, 2.75) is 25.4 Å². The molecule has 0 heterocycles. The molecule has 0 fully saturated rings. The lowest BCUT2D eigenvalue weighted by molar-refractivity contribution is -0.139. The second-order valence-corrected chi connectivity index (χ2v) is 8.21. The minimum absolute atomic E-state index is 0.476. The Bertz CT molecular complexity index is 806. The molecule has 1 atom stereocenters. The molecule has 0 aliphatic heterocycles. The first-order chi connectivity index (χ1) is 15.6. The third-order valence-electron chi connectivity index (χ3n) is 5.14. The number of aliphatic carboxylic acids is 1. The lowest BCUT2D eigenvalue weighted by atomic mass is 9.76. The number of rotatable bonds is 10. The number of hydrogen-bond donors (Lipinski definition) is 3. The summed E-state index contributed by atoms with van der Waals surface area (Å²) in [6, 6.07) is 29.4. The van der Waals surface area contributed by atoms with Crippen LogP contribution in [0.4, 0.5) is 0 Å². The highest BCUT2D eigenvalue weighted by atomic mass is 32.2. The van der Waals surface area contributed by atoms with E-state index in [2.05, 4.69) is 24.5 Å². The Kier molecular flexibility index (Phi) is 11.0. The van der Waals surface area contributed by atoms with Gasteiger partial charge in [0.15, 0.2) is 0 Å². The topological polar surface area (TPSA) is 61.4 Å². The summed E-state index contributed by atoms with van der Waals surface area (Å²) in [6.45, 7) is 6.39. The Morgan fingerprint density at radius 3 is 1.44 bits per heavy atom. The lowest BCUT2D eigenvalue weighted by Gasteiger charge is -2.39. The van der Waals surface area contributed by atoms with Gasteiger partial charge in [0.05, 0.1) is 5.54 Å². The van der Waals surface area contributed by atoms with Crippen LogP contribution in [-0.4, -0.2) is 42.2 Å². The van der Waals surface area contributed by atoms with Crippen LogP contribution in [0.3, 0.4) is 0 Å². The summed E-state index contributed by atoms with van der Waals surface area (Å²) < 4.78 is 0. The second kappa shape index (κ2) is 13.7. The van der Waals surface area contributed by atoms with Crippen molar-refractivity contribution in [1.29, 1.82) is 0 Å². The molecule has 0 spiro atoms. The summed E-state index contributed by atoms with van der Waals surface area (Å²) >= 11 is 1.52. The Labute approximate surface area is 196 Å². The number of hydrogen-bond acceptors (Lipinski definition) is 4. The fourth-order valence-electron chi connectivity index (χ4n) is 3.67. The van der Waals surface area contributed by atoms with Gasteiger partial charge in [-0.25, -0.2) is 0 Å². The first-order valence-electron chi connectivity index (χ1n) is 11.0. The first-order valence-corrected chi connectivity index (χ1v) is 12.4. The highest BCUT2D eigenvalue weighted by Crippen LogP contribution is 2.37. The quantitative estimate of drug-likeness (QED) is 0.380. The zero-order valence-electron chi connectivity index (χ0n) is 19.1. The van der Waals surface area contributed by atoms with Crippen molar-refractivity contribution < 1.29 is 9.90 Å². The number of carboxylic acid groups (broad SMARTS) is 1. The number of carboxylic acids is 1. The highest BCUT2D eigenvalue weighted by molar-refractivity contribution is 7.98. The molecule has 0 aliphatic rings. The Morgan fingerprint density at radius 1 is 0.812 bits per heavy atom. The minimum atomic E-state index is -0.850. The van der Waals surface area contributed by atoms with Gasteiger partial charge in [0.2, 0.25) is 0 Å². The normalized spacial score (nSPS) is 11.8. The zero-order chi connectivity index (χ0) is 23.2. The average molecular weight is 451 g/mol. The molecule has 0 aromatic heterocycles. The maximum Gasteiger partial charge on any atom is 0.321 e. The van der Waals surface area contributed by atoms with E-state index in [1.807, 2.05) is 97.3 Å². The molecule has 3 rings (SSSR count). The molecule has 0 saturated heterocycles. The summed E-state index contributed by atoms with van der Waals surface area (Å²) in [5.41, 5.74) is 2.27. The van der Waals surface area contributed by atoms with Gasteiger partial charge in [0, 0.05) is 5.75 Å². The van der Waals surface area contributed by atoms with Crippen LogP contribution in [0, 0.1) is 0 Å². The third kappa shape index (κ3) is 6.70. The number of nitrogens with one attached hydrogen (secondary N) is 2. The van der Waals surface area contributed by atoms with Crippen LogP contribution in [0.15, 0.2) is 91.0 Å². The molecule has 0 amide bonds. The Balaban J connectivity index is 0.000000654. The van der Waals surface area contributed by atoms with Crippen LogP contribution >= 0.6 is 11.8 Å². The van der Waals surface area contributed by atoms with Crippen LogP contribution in [0.2, 0.25) is 0 Å². The molecule has 3 N–H and O–H groups in total. The standard InChI is InChI=1S/C23H23NO2S.C4H11N/c1-27-17-21(22(25)26)24-23(18-11-5-2-6-12-18,19-13-7-3-8-14-19)20-15-9-4-10-16-20;1-3-5-4-2/h2-16,21,24H,17H2,1H3,(H,25,26);5H,3-4H2,1-2H3. The predicted octanol–water partition coefficient (Wildman–Crippen LogP) is 5.00. The fraction of sp³-hybridized carbons (Fsp3) is 0.296. The first kappa shape index (κ1) is 25.7. The van der Waals surface area contributed by atoms with E-state index in [-0.39, 0.29) is 0 Å². The van der Waals surface area contributed by atoms with Crippen LogP contribution < -0.4 is 10.6 Å². The number of thioether (sulfide) groups is 1. The fourth-order valence-corrected chi connectivity index (χ4v) is 4.23. The van der Waals surface area contributed by atoms with Crippen molar-refractivity contribution in [3.63, 3.8) is 0 Å². The summed E-state index contributed by atoms with van der Waals surface area (Å²) in [4.78, 5) is 12.0. The molecule has 0 bridgehead atoms. The maximum atomic E-state index is 12.0. The predicted molar refractivity (Wildman–Crippen MR) is 136 cm³/mol. The van der Waals surface area contributed by atoms with Gasteiger partial charge >= 0.3 is 5.97 Å². The monoisotopic (exact) mass is 450 g/mol. The second-order valence-electron chi connectivity index (χ2n) is 7.30. The summed E-state index contributed by atoms with van der Waals surface area (Å²) in [5.74, 6) is -0.375. The summed E-state index contributed by atoms with van der Waals surface area (Å²) in [5, 5.41) is 16.4. The SMILES string of the molecule is CCNCC.CSCC(NC(c1ccccc1)(c1ccccc1)c1ccccc1)C(=O)O. The smallest absolute Gasteiger partial charge is 0.321 e. The third-order valence-corrected chi connectivity index (χ3v) is 5.81. The van der Waals surface area contributed by atoms with Gasteiger partial charge in [-0.1, -0.05) is 105 Å². The van der Waals surface area contributed by atoms with E-state index in [4.69, 9.17) is 0 Å². The van der Waals surface area contributed by atoms with Gasteiger partial charge in [-0.2, -0.15) is 11.8 Å². The van der Waals surface area contributed by atoms with Crippen LogP contribution in [0.25, 0.3) is 0 Å². The Morgan fingerprint density at radius 2 is 1.19 bits per heavy atom. The molecular formula is C27H34N2O2S. The molecule has 3 aromatic rings. The van der Waals surface area contributed by atoms with E-state index in [0.717, 1.165) is 29.8 Å². The summed E-state index contributed by atoms with van der Waals surface area (Å²) in [6.07, 6.45) is 1.92. The van der Waals surface area contributed by atoms with Crippen molar-refractivity contribution in [1.82, 2.24) is 10.6 Å². The van der Waals surface area contributed by atoms with Crippen LogP contribution in [-0.2, 0) is 10.3 Å². The lowest BCUT2D eigenvalue weighted by Crippen LogP contribution is -2.53. The van der Waals surface area contributed by atoms with E-state index in [9.17, 15) is 9.90 Å². The molecule has 0 radical (unpaired) electrons.